The first-order valence-electron chi connectivity index (χ1n) is 9.07. The second-order valence-corrected chi connectivity index (χ2v) is 10.9. The number of aliphatic carboxylic acids is 1. The third kappa shape index (κ3) is 28.7. The number of hydrogen-bond acceptors (Lipinski definition) is 2. The number of carbonyl (C=O) groups is 1. The van der Waals surface area contributed by atoms with Crippen LogP contribution in [0.5, 0.6) is 0 Å². The average Bonchev–Trinajstić information content (AvgIpc) is 2.48. The quantitative estimate of drug-likeness (QED) is 0.196. The molecule has 0 saturated heterocycles. The Morgan fingerprint density at radius 1 is 0.955 bits per heavy atom. The zero-order chi connectivity index (χ0) is 17.1. The molecular formula is C18H38O2SSn. The van der Waals surface area contributed by atoms with Crippen LogP contribution in [0.4, 0.5) is 0 Å². The molecule has 0 fully saturated rings. The summed E-state index contributed by atoms with van der Waals surface area (Å²) >= 11 is 3.48. The SMILES string of the molecule is CCCCCCC[CH2][Sn][CH2]CCCCC(C)C.O=C(O)CS. The van der Waals surface area contributed by atoms with E-state index in [2.05, 4.69) is 33.4 Å². The molecule has 0 bridgehead atoms. The van der Waals surface area contributed by atoms with E-state index in [9.17, 15) is 4.79 Å². The number of rotatable bonds is 14. The largest absolute Gasteiger partial charge is 0.481 e. The molecule has 0 aromatic rings. The first-order valence-corrected chi connectivity index (χ1v) is 13.7. The van der Waals surface area contributed by atoms with E-state index in [-0.39, 0.29) is 26.9 Å². The van der Waals surface area contributed by atoms with Gasteiger partial charge in [-0.2, -0.15) is 12.6 Å². The van der Waals surface area contributed by atoms with Gasteiger partial charge in [-0.15, -0.1) is 0 Å². The molecule has 0 atom stereocenters. The van der Waals surface area contributed by atoms with Gasteiger partial charge >= 0.3 is 127 Å². The summed E-state index contributed by atoms with van der Waals surface area (Å²) in [4.78, 5) is 9.29. The smallest absolute Gasteiger partial charge is 0.313 e. The summed E-state index contributed by atoms with van der Waals surface area (Å²) < 4.78 is 3.30. The van der Waals surface area contributed by atoms with Crippen LogP contribution in [0.1, 0.15) is 85.0 Å². The van der Waals surface area contributed by atoms with Crippen LogP contribution in [0.15, 0.2) is 0 Å². The molecule has 0 spiro atoms. The summed E-state index contributed by atoms with van der Waals surface area (Å²) in [7, 11) is 0. The number of hydrogen-bond donors (Lipinski definition) is 2. The van der Waals surface area contributed by atoms with E-state index < -0.39 is 5.97 Å². The van der Waals surface area contributed by atoms with Crippen LogP contribution in [-0.4, -0.2) is 38.0 Å². The third-order valence-corrected chi connectivity index (χ3v) is 7.78. The molecular weight excluding hydrogens is 399 g/mol. The molecule has 2 nitrogen and oxygen atoms in total. The summed E-state index contributed by atoms with van der Waals surface area (Å²) in [6.07, 6.45) is 14.9. The van der Waals surface area contributed by atoms with Gasteiger partial charge in [0.25, 0.3) is 0 Å². The summed E-state index contributed by atoms with van der Waals surface area (Å²) in [6, 6.07) is 0. The summed E-state index contributed by atoms with van der Waals surface area (Å²) in [5.74, 6) is -0.0496. The Morgan fingerprint density at radius 2 is 1.41 bits per heavy atom. The molecule has 1 N–H and O–H groups in total. The minimum Gasteiger partial charge on any atom is -0.481 e. The molecule has 0 aromatic carbocycles. The molecule has 0 rings (SSSR count). The van der Waals surface area contributed by atoms with Crippen molar-refractivity contribution in [2.75, 3.05) is 5.75 Å². The minimum absolute atomic E-state index is 0.0653. The molecule has 0 aliphatic rings. The van der Waals surface area contributed by atoms with E-state index in [0.717, 1.165) is 5.92 Å². The van der Waals surface area contributed by atoms with Crippen molar-refractivity contribution in [3.05, 3.63) is 0 Å². The standard InChI is InChI=1S/2C8H17.C2H4O2S.Sn/c1-4-5-6-7-8(2)3;1-3-5-7-8-6-4-2;3-2(4)1-5;/h8H,1,4-7H2,2-3H3;1,3-8H2,2H3;5H,1H2,(H,3,4);. The number of thiol groups is 1. The van der Waals surface area contributed by atoms with Crippen LogP contribution < -0.4 is 0 Å². The van der Waals surface area contributed by atoms with Crippen molar-refractivity contribution in [3.63, 3.8) is 0 Å². The molecule has 0 saturated carbocycles. The zero-order valence-electron chi connectivity index (χ0n) is 15.1. The average molecular weight is 437 g/mol. The molecule has 0 unspecified atom stereocenters. The Bertz CT molecular complexity index is 223. The Morgan fingerprint density at radius 3 is 1.86 bits per heavy atom. The van der Waals surface area contributed by atoms with E-state index in [1.165, 1.54) is 51.4 Å². The number of carboxylic acids is 1. The van der Waals surface area contributed by atoms with Gasteiger partial charge in [-0.25, -0.2) is 0 Å². The van der Waals surface area contributed by atoms with Crippen LogP contribution in [0.25, 0.3) is 0 Å². The van der Waals surface area contributed by atoms with Crippen LogP contribution in [-0.2, 0) is 4.79 Å². The Labute approximate surface area is 154 Å². The fourth-order valence-corrected chi connectivity index (χ4v) is 5.70. The van der Waals surface area contributed by atoms with Crippen molar-refractivity contribution in [3.8, 4) is 0 Å². The maximum Gasteiger partial charge on any atom is 0.313 e. The molecule has 132 valence electrons. The first-order chi connectivity index (χ1) is 10.5. The molecule has 0 aliphatic carbocycles. The summed E-state index contributed by atoms with van der Waals surface area (Å²) in [5.41, 5.74) is 0. The van der Waals surface area contributed by atoms with Crippen LogP contribution in [0, 0.1) is 5.92 Å². The van der Waals surface area contributed by atoms with Crippen molar-refractivity contribution in [2.45, 2.75) is 93.9 Å². The van der Waals surface area contributed by atoms with Gasteiger partial charge in [0.2, 0.25) is 0 Å². The summed E-state index contributed by atoms with van der Waals surface area (Å²) in [6.45, 7) is 6.98. The fourth-order valence-electron chi connectivity index (χ4n) is 2.13. The maximum atomic E-state index is 9.29. The molecule has 4 heteroatoms. The second kappa shape index (κ2) is 21.6. The molecule has 22 heavy (non-hydrogen) atoms. The van der Waals surface area contributed by atoms with Crippen LogP contribution in [0.3, 0.4) is 0 Å². The molecule has 0 aliphatic heterocycles. The topological polar surface area (TPSA) is 37.3 Å². The van der Waals surface area contributed by atoms with Crippen molar-refractivity contribution in [2.24, 2.45) is 5.92 Å². The van der Waals surface area contributed by atoms with E-state index >= 15 is 0 Å². The van der Waals surface area contributed by atoms with Gasteiger partial charge in [0, 0.05) is 0 Å². The normalized spacial score (nSPS) is 10.4. The van der Waals surface area contributed by atoms with Crippen molar-refractivity contribution < 1.29 is 9.90 Å². The molecule has 2 radical (unpaired) electrons. The van der Waals surface area contributed by atoms with Crippen LogP contribution in [0.2, 0.25) is 8.87 Å². The van der Waals surface area contributed by atoms with E-state index in [1.54, 1.807) is 21.7 Å². The van der Waals surface area contributed by atoms with Crippen molar-refractivity contribution in [1.82, 2.24) is 0 Å². The third-order valence-electron chi connectivity index (χ3n) is 3.48. The molecule has 0 aromatic heterocycles. The molecule has 0 amide bonds. The number of carboxylic acid groups (broad SMARTS) is 1. The second-order valence-electron chi connectivity index (χ2n) is 6.31. The van der Waals surface area contributed by atoms with Gasteiger partial charge < -0.3 is 5.11 Å². The van der Waals surface area contributed by atoms with Gasteiger partial charge in [-0.3, -0.25) is 4.79 Å². The van der Waals surface area contributed by atoms with Gasteiger partial charge in [-0.1, -0.05) is 0 Å². The van der Waals surface area contributed by atoms with Gasteiger partial charge in [0.15, 0.2) is 0 Å². The Kier molecular flexibility index (Phi) is 24.4. The zero-order valence-corrected chi connectivity index (χ0v) is 18.8. The van der Waals surface area contributed by atoms with Gasteiger partial charge in [-0.05, 0) is 0 Å². The van der Waals surface area contributed by atoms with E-state index in [0.29, 0.717) is 0 Å². The first kappa shape index (κ1) is 24.9. The molecule has 0 heterocycles. The monoisotopic (exact) mass is 438 g/mol. The minimum atomic E-state index is -0.881. The van der Waals surface area contributed by atoms with Crippen LogP contribution >= 0.6 is 12.6 Å². The Balaban J connectivity index is 0. The van der Waals surface area contributed by atoms with Gasteiger partial charge in [0.1, 0.15) is 0 Å². The predicted molar refractivity (Wildman–Crippen MR) is 104 cm³/mol. The van der Waals surface area contributed by atoms with Gasteiger partial charge in [0.05, 0.1) is 5.75 Å². The summed E-state index contributed by atoms with van der Waals surface area (Å²) in [5, 5.41) is 7.65. The number of unbranched alkanes of at least 4 members (excludes halogenated alkanes) is 7. The van der Waals surface area contributed by atoms with E-state index in [1.807, 2.05) is 0 Å². The predicted octanol–water partition coefficient (Wildman–Crippen LogP) is 6.10. The van der Waals surface area contributed by atoms with E-state index in [4.69, 9.17) is 5.11 Å². The van der Waals surface area contributed by atoms with Crippen molar-refractivity contribution >= 4 is 39.7 Å². The van der Waals surface area contributed by atoms with Crippen molar-refractivity contribution in [1.29, 1.82) is 0 Å². The fraction of sp³-hybridized carbons (Fsp3) is 0.944. The maximum absolute atomic E-state index is 9.29. The Hall–Kier alpha value is 0.619.